The van der Waals surface area contributed by atoms with Crippen molar-refractivity contribution in [3.63, 3.8) is 0 Å². The zero-order valence-corrected chi connectivity index (χ0v) is 11.2. The van der Waals surface area contributed by atoms with Crippen molar-refractivity contribution >= 4 is 17.4 Å². The van der Waals surface area contributed by atoms with Crippen molar-refractivity contribution in [3.8, 4) is 0 Å². The highest BCUT2D eigenvalue weighted by Gasteiger charge is 2.09. The topological polar surface area (TPSA) is 17.1 Å². The molecule has 2 aromatic carbocycles. The molecule has 1 nitrogen and oxygen atoms in total. The SMILES string of the molecule is CC(C)c1ccc(C(=O)c2ccc(Cl)cc2)cc1. The van der Waals surface area contributed by atoms with Crippen molar-refractivity contribution in [2.24, 2.45) is 0 Å². The lowest BCUT2D eigenvalue weighted by molar-refractivity contribution is 0.103. The minimum Gasteiger partial charge on any atom is -0.289 e. The first-order valence-electron chi connectivity index (χ1n) is 5.98. The quantitative estimate of drug-likeness (QED) is 0.730. The Balaban J connectivity index is 2.26. The predicted octanol–water partition coefficient (Wildman–Crippen LogP) is 4.69. The second-order valence-corrected chi connectivity index (χ2v) is 5.05. The summed E-state index contributed by atoms with van der Waals surface area (Å²) >= 11 is 5.81. The zero-order chi connectivity index (χ0) is 13.1. The Hall–Kier alpha value is -1.60. The van der Waals surface area contributed by atoms with E-state index in [0.29, 0.717) is 22.1 Å². The first-order valence-corrected chi connectivity index (χ1v) is 6.36. The van der Waals surface area contributed by atoms with Gasteiger partial charge in [0.05, 0.1) is 0 Å². The predicted molar refractivity (Wildman–Crippen MR) is 75.4 cm³/mol. The molecule has 0 fully saturated rings. The van der Waals surface area contributed by atoms with Crippen molar-refractivity contribution in [1.82, 2.24) is 0 Å². The van der Waals surface area contributed by atoms with Gasteiger partial charge in [-0.2, -0.15) is 0 Å². The first-order chi connectivity index (χ1) is 8.58. The third kappa shape index (κ3) is 2.80. The fraction of sp³-hybridized carbons (Fsp3) is 0.188. The molecule has 2 rings (SSSR count). The number of hydrogen-bond acceptors (Lipinski definition) is 1. The van der Waals surface area contributed by atoms with E-state index in [-0.39, 0.29) is 5.78 Å². The molecule has 0 radical (unpaired) electrons. The molecule has 0 bridgehead atoms. The monoisotopic (exact) mass is 258 g/mol. The van der Waals surface area contributed by atoms with Crippen LogP contribution in [0.2, 0.25) is 5.02 Å². The highest BCUT2D eigenvalue weighted by molar-refractivity contribution is 6.30. The highest BCUT2D eigenvalue weighted by atomic mass is 35.5. The van der Waals surface area contributed by atoms with Crippen molar-refractivity contribution in [2.75, 3.05) is 0 Å². The van der Waals surface area contributed by atoms with Gasteiger partial charge in [0.25, 0.3) is 0 Å². The molecule has 0 heterocycles. The van der Waals surface area contributed by atoms with Crippen LogP contribution in [0.25, 0.3) is 0 Å². The summed E-state index contributed by atoms with van der Waals surface area (Å²) in [5, 5.41) is 0.640. The van der Waals surface area contributed by atoms with Crippen molar-refractivity contribution < 1.29 is 4.79 Å². The van der Waals surface area contributed by atoms with Gasteiger partial charge in [0, 0.05) is 16.1 Å². The van der Waals surface area contributed by atoms with Crippen LogP contribution in [0.1, 0.15) is 41.3 Å². The summed E-state index contributed by atoms with van der Waals surface area (Å²) in [6.45, 7) is 4.27. The highest BCUT2D eigenvalue weighted by Crippen LogP contribution is 2.17. The van der Waals surface area contributed by atoms with Gasteiger partial charge in [0.2, 0.25) is 0 Å². The Labute approximate surface area is 112 Å². The van der Waals surface area contributed by atoms with Gasteiger partial charge in [-0.3, -0.25) is 4.79 Å². The van der Waals surface area contributed by atoms with E-state index in [1.165, 1.54) is 5.56 Å². The van der Waals surface area contributed by atoms with E-state index in [2.05, 4.69) is 13.8 Å². The maximum Gasteiger partial charge on any atom is 0.193 e. The second-order valence-electron chi connectivity index (χ2n) is 4.61. The smallest absolute Gasteiger partial charge is 0.193 e. The van der Waals surface area contributed by atoms with Gasteiger partial charge < -0.3 is 0 Å². The molecular formula is C16H15ClO. The molecule has 92 valence electrons. The van der Waals surface area contributed by atoms with E-state index in [0.717, 1.165) is 0 Å². The molecular weight excluding hydrogens is 244 g/mol. The molecule has 0 aliphatic heterocycles. The molecule has 0 aliphatic carbocycles. The van der Waals surface area contributed by atoms with E-state index in [4.69, 9.17) is 11.6 Å². The van der Waals surface area contributed by atoms with Crippen LogP contribution >= 0.6 is 11.6 Å². The number of carbonyl (C=O) groups is 1. The van der Waals surface area contributed by atoms with Gasteiger partial charge in [0.15, 0.2) is 5.78 Å². The summed E-state index contributed by atoms with van der Waals surface area (Å²) in [6.07, 6.45) is 0. The van der Waals surface area contributed by atoms with Crippen molar-refractivity contribution in [3.05, 3.63) is 70.2 Å². The Bertz CT molecular complexity index is 538. The average molecular weight is 259 g/mol. The fourth-order valence-corrected chi connectivity index (χ4v) is 1.91. The van der Waals surface area contributed by atoms with Crippen LogP contribution in [0.15, 0.2) is 48.5 Å². The van der Waals surface area contributed by atoms with Gasteiger partial charge in [-0.15, -0.1) is 0 Å². The lowest BCUT2D eigenvalue weighted by Crippen LogP contribution is -2.01. The molecule has 0 N–H and O–H groups in total. The van der Waals surface area contributed by atoms with Crippen molar-refractivity contribution in [2.45, 2.75) is 19.8 Å². The van der Waals surface area contributed by atoms with E-state index in [9.17, 15) is 4.79 Å². The van der Waals surface area contributed by atoms with Gasteiger partial charge in [-0.25, -0.2) is 0 Å². The lowest BCUT2D eigenvalue weighted by atomic mass is 9.98. The van der Waals surface area contributed by atoms with E-state index < -0.39 is 0 Å². The Kier molecular flexibility index (Phi) is 3.83. The molecule has 0 saturated carbocycles. The van der Waals surface area contributed by atoms with Crippen LogP contribution in [0.4, 0.5) is 0 Å². The van der Waals surface area contributed by atoms with Crippen LogP contribution in [0, 0.1) is 0 Å². The van der Waals surface area contributed by atoms with Gasteiger partial charge in [0.1, 0.15) is 0 Å². The third-order valence-electron chi connectivity index (χ3n) is 2.95. The number of rotatable bonds is 3. The molecule has 0 atom stereocenters. The van der Waals surface area contributed by atoms with E-state index in [1.807, 2.05) is 24.3 Å². The van der Waals surface area contributed by atoms with Crippen LogP contribution in [-0.2, 0) is 0 Å². The number of halogens is 1. The molecule has 2 heteroatoms. The van der Waals surface area contributed by atoms with Crippen LogP contribution in [0.5, 0.6) is 0 Å². The van der Waals surface area contributed by atoms with E-state index >= 15 is 0 Å². The summed E-state index contributed by atoms with van der Waals surface area (Å²) in [5.74, 6) is 0.506. The Morgan fingerprint density at radius 2 is 1.33 bits per heavy atom. The van der Waals surface area contributed by atoms with Gasteiger partial charge >= 0.3 is 0 Å². The molecule has 2 aromatic rings. The van der Waals surface area contributed by atoms with Crippen LogP contribution in [-0.4, -0.2) is 5.78 Å². The number of hydrogen-bond donors (Lipinski definition) is 0. The normalized spacial score (nSPS) is 10.7. The van der Waals surface area contributed by atoms with Gasteiger partial charge in [-0.1, -0.05) is 49.7 Å². The minimum absolute atomic E-state index is 0.0296. The molecule has 0 unspecified atom stereocenters. The minimum atomic E-state index is 0.0296. The standard InChI is InChI=1S/C16H15ClO/c1-11(2)12-3-5-13(6-4-12)16(18)14-7-9-15(17)10-8-14/h3-11H,1-2H3. The molecule has 0 saturated heterocycles. The molecule has 0 aromatic heterocycles. The summed E-state index contributed by atoms with van der Waals surface area (Å²) < 4.78 is 0. The molecule has 0 aliphatic rings. The lowest BCUT2D eigenvalue weighted by Gasteiger charge is -2.06. The average Bonchev–Trinajstić information content (AvgIpc) is 2.39. The summed E-state index contributed by atoms with van der Waals surface area (Å²) in [4.78, 5) is 12.2. The third-order valence-corrected chi connectivity index (χ3v) is 3.20. The fourth-order valence-electron chi connectivity index (χ4n) is 1.79. The maximum absolute atomic E-state index is 12.2. The molecule has 18 heavy (non-hydrogen) atoms. The summed E-state index contributed by atoms with van der Waals surface area (Å²) in [6, 6.07) is 14.7. The van der Waals surface area contributed by atoms with E-state index in [1.54, 1.807) is 24.3 Å². The largest absolute Gasteiger partial charge is 0.289 e. The maximum atomic E-state index is 12.2. The second kappa shape index (κ2) is 5.36. The van der Waals surface area contributed by atoms with Crippen LogP contribution < -0.4 is 0 Å². The Morgan fingerprint density at radius 3 is 1.78 bits per heavy atom. The zero-order valence-electron chi connectivity index (χ0n) is 10.5. The Morgan fingerprint density at radius 1 is 0.889 bits per heavy atom. The number of carbonyl (C=O) groups excluding carboxylic acids is 1. The molecule has 0 spiro atoms. The summed E-state index contributed by atoms with van der Waals surface area (Å²) in [7, 11) is 0. The number of ketones is 1. The molecule has 0 amide bonds. The number of benzene rings is 2. The summed E-state index contributed by atoms with van der Waals surface area (Å²) in [5.41, 5.74) is 2.61. The van der Waals surface area contributed by atoms with Gasteiger partial charge in [-0.05, 0) is 35.7 Å². The first kappa shape index (κ1) is 12.8. The van der Waals surface area contributed by atoms with Crippen LogP contribution in [0.3, 0.4) is 0 Å². The van der Waals surface area contributed by atoms with Crippen molar-refractivity contribution in [1.29, 1.82) is 0 Å².